The molecule has 19 heavy (non-hydrogen) atoms. The van der Waals surface area contributed by atoms with Crippen LogP contribution in [0.1, 0.15) is 43.7 Å². The monoisotopic (exact) mass is 258 g/mol. The summed E-state index contributed by atoms with van der Waals surface area (Å²) >= 11 is 0. The molecule has 0 heterocycles. The van der Waals surface area contributed by atoms with Crippen LogP contribution in [0.15, 0.2) is 30.3 Å². The summed E-state index contributed by atoms with van der Waals surface area (Å²) in [5.41, 5.74) is 0.588. The van der Waals surface area contributed by atoms with Crippen LogP contribution in [-0.2, 0) is 0 Å². The van der Waals surface area contributed by atoms with E-state index >= 15 is 0 Å². The van der Waals surface area contributed by atoms with Gasteiger partial charge in [0.15, 0.2) is 0 Å². The number of nitriles is 1. The lowest BCUT2D eigenvalue weighted by atomic mass is 9.98. The van der Waals surface area contributed by atoms with Gasteiger partial charge in [-0.15, -0.1) is 0 Å². The van der Waals surface area contributed by atoms with Gasteiger partial charge >= 0.3 is 0 Å². The smallest absolute Gasteiger partial charge is 0.0774 e. The molecule has 0 bridgehead atoms. The van der Waals surface area contributed by atoms with E-state index in [1.54, 1.807) is 0 Å². The average Bonchev–Trinajstić information content (AvgIpc) is 2.83. The fraction of sp³-hybridized carbons (Fsp3) is 0.562. The van der Waals surface area contributed by atoms with E-state index in [1.165, 1.54) is 0 Å². The number of likely N-dealkylation sites (N-methyl/N-ethyl adjacent to an activating group) is 1. The lowest BCUT2D eigenvalue weighted by Crippen LogP contribution is -2.40. The standard InChI is InChI=1S/C16H22N2O/c1-18(13-16(19)10-5-6-11-16)15(9-12-17)14-7-3-2-4-8-14/h2-4,7-8,15,19H,5-6,9-11,13H2,1H3. The Morgan fingerprint density at radius 2 is 1.95 bits per heavy atom. The van der Waals surface area contributed by atoms with E-state index in [0.717, 1.165) is 31.2 Å². The Kier molecular flexibility index (Phi) is 4.57. The number of aliphatic hydroxyl groups is 1. The fourth-order valence-corrected chi connectivity index (χ4v) is 3.06. The maximum Gasteiger partial charge on any atom is 0.0774 e. The van der Waals surface area contributed by atoms with E-state index in [2.05, 4.69) is 23.1 Å². The van der Waals surface area contributed by atoms with Crippen molar-refractivity contribution in [1.29, 1.82) is 5.26 Å². The minimum Gasteiger partial charge on any atom is -0.389 e. The first-order valence-electron chi connectivity index (χ1n) is 6.99. The molecule has 0 amide bonds. The van der Waals surface area contributed by atoms with Crippen molar-refractivity contribution < 1.29 is 5.11 Å². The molecular formula is C16H22N2O. The van der Waals surface area contributed by atoms with Crippen LogP contribution >= 0.6 is 0 Å². The Labute approximate surface area is 115 Å². The average molecular weight is 258 g/mol. The quantitative estimate of drug-likeness (QED) is 0.883. The first-order valence-corrected chi connectivity index (χ1v) is 6.99. The molecule has 0 aliphatic heterocycles. The lowest BCUT2D eigenvalue weighted by Gasteiger charge is -2.33. The maximum atomic E-state index is 10.5. The molecule has 1 aromatic carbocycles. The largest absolute Gasteiger partial charge is 0.389 e. The predicted molar refractivity (Wildman–Crippen MR) is 75.5 cm³/mol. The zero-order valence-corrected chi connectivity index (χ0v) is 11.5. The summed E-state index contributed by atoms with van der Waals surface area (Å²) in [5.74, 6) is 0. The minimum atomic E-state index is -0.558. The molecule has 102 valence electrons. The number of hydrogen-bond acceptors (Lipinski definition) is 3. The van der Waals surface area contributed by atoms with Gasteiger partial charge in [0.25, 0.3) is 0 Å². The van der Waals surface area contributed by atoms with E-state index < -0.39 is 5.60 Å². The Hall–Kier alpha value is -1.37. The highest BCUT2D eigenvalue weighted by atomic mass is 16.3. The van der Waals surface area contributed by atoms with Crippen molar-refractivity contribution in [3.8, 4) is 6.07 Å². The summed E-state index contributed by atoms with van der Waals surface area (Å²) in [4.78, 5) is 2.13. The van der Waals surface area contributed by atoms with E-state index in [1.807, 2.05) is 25.2 Å². The second kappa shape index (κ2) is 6.18. The van der Waals surface area contributed by atoms with Crippen LogP contribution in [0.3, 0.4) is 0 Å². The third-order valence-electron chi connectivity index (χ3n) is 4.08. The van der Waals surface area contributed by atoms with Crippen molar-refractivity contribution in [2.24, 2.45) is 0 Å². The van der Waals surface area contributed by atoms with Crippen LogP contribution in [0.4, 0.5) is 0 Å². The molecule has 0 spiro atoms. The molecule has 3 nitrogen and oxygen atoms in total. The Morgan fingerprint density at radius 3 is 2.53 bits per heavy atom. The molecule has 2 rings (SSSR count). The van der Waals surface area contributed by atoms with Crippen molar-refractivity contribution in [2.75, 3.05) is 13.6 Å². The fourth-order valence-electron chi connectivity index (χ4n) is 3.06. The Morgan fingerprint density at radius 1 is 1.32 bits per heavy atom. The summed E-state index contributed by atoms with van der Waals surface area (Å²) in [6.45, 7) is 0.647. The molecule has 1 unspecified atom stereocenters. The van der Waals surface area contributed by atoms with Gasteiger partial charge in [-0.05, 0) is 25.5 Å². The van der Waals surface area contributed by atoms with Crippen molar-refractivity contribution in [2.45, 2.75) is 43.7 Å². The third kappa shape index (κ3) is 3.56. The molecular weight excluding hydrogens is 236 g/mol. The van der Waals surface area contributed by atoms with Gasteiger partial charge in [0.2, 0.25) is 0 Å². The summed E-state index contributed by atoms with van der Waals surface area (Å²) in [7, 11) is 2.01. The van der Waals surface area contributed by atoms with Crippen LogP contribution in [0.5, 0.6) is 0 Å². The van der Waals surface area contributed by atoms with Crippen LogP contribution < -0.4 is 0 Å². The molecule has 0 radical (unpaired) electrons. The van der Waals surface area contributed by atoms with Crippen LogP contribution in [0, 0.1) is 11.3 Å². The summed E-state index contributed by atoms with van der Waals surface area (Å²) in [6.07, 6.45) is 4.44. The summed E-state index contributed by atoms with van der Waals surface area (Å²) in [6, 6.07) is 12.4. The maximum absolute atomic E-state index is 10.5. The minimum absolute atomic E-state index is 0.0656. The van der Waals surface area contributed by atoms with Crippen molar-refractivity contribution in [1.82, 2.24) is 4.90 Å². The highest BCUT2D eigenvalue weighted by Gasteiger charge is 2.34. The molecule has 1 aliphatic carbocycles. The van der Waals surface area contributed by atoms with Crippen molar-refractivity contribution in [3.05, 3.63) is 35.9 Å². The first kappa shape index (κ1) is 14.0. The molecule has 0 aromatic heterocycles. The molecule has 1 aliphatic rings. The molecule has 1 atom stereocenters. The number of benzene rings is 1. The highest BCUT2D eigenvalue weighted by molar-refractivity contribution is 5.20. The van der Waals surface area contributed by atoms with E-state index in [-0.39, 0.29) is 6.04 Å². The van der Waals surface area contributed by atoms with Gasteiger partial charge in [-0.2, -0.15) is 5.26 Å². The van der Waals surface area contributed by atoms with Gasteiger partial charge in [0.05, 0.1) is 18.1 Å². The van der Waals surface area contributed by atoms with Crippen LogP contribution in [-0.4, -0.2) is 29.2 Å². The van der Waals surface area contributed by atoms with Crippen LogP contribution in [0.25, 0.3) is 0 Å². The topological polar surface area (TPSA) is 47.3 Å². The zero-order chi connectivity index (χ0) is 13.7. The van der Waals surface area contributed by atoms with Crippen molar-refractivity contribution >= 4 is 0 Å². The van der Waals surface area contributed by atoms with Gasteiger partial charge in [0.1, 0.15) is 0 Å². The summed E-state index contributed by atoms with van der Waals surface area (Å²) < 4.78 is 0. The molecule has 1 aromatic rings. The molecule has 1 fully saturated rings. The van der Waals surface area contributed by atoms with Gasteiger partial charge in [-0.3, -0.25) is 4.90 Å². The third-order valence-corrected chi connectivity index (χ3v) is 4.08. The normalized spacial score (nSPS) is 19.3. The number of hydrogen-bond donors (Lipinski definition) is 1. The van der Waals surface area contributed by atoms with Gasteiger partial charge in [0, 0.05) is 12.6 Å². The molecule has 3 heteroatoms. The molecule has 1 N–H and O–H groups in total. The van der Waals surface area contributed by atoms with Gasteiger partial charge in [-0.1, -0.05) is 43.2 Å². The lowest BCUT2D eigenvalue weighted by molar-refractivity contribution is 0.00540. The first-order chi connectivity index (χ1) is 9.14. The van der Waals surface area contributed by atoms with Gasteiger partial charge < -0.3 is 5.11 Å². The highest BCUT2D eigenvalue weighted by Crippen LogP contribution is 2.32. The van der Waals surface area contributed by atoms with Crippen LogP contribution in [0.2, 0.25) is 0 Å². The summed E-state index contributed by atoms with van der Waals surface area (Å²) in [5, 5.41) is 19.5. The Bertz CT molecular complexity index is 432. The van der Waals surface area contributed by atoms with E-state index in [4.69, 9.17) is 5.26 Å². The van der Waals surface area contributed by atoms with Crippen molar-refractivity contribution in [3.63, 3.8) is 0 Å². The second-order valence-corrected chi connectivity index (χ2v) is 5.64. The Balaban J connectivity index is 2.09. The second-order valence-electron chi connectivity index (χ2n) is 5.64. The molecule has 0 saturated heterocycles. The number of rotatable bonds is 5. The van der Waals surface area contributed by atoms with E-state index in [9.17, 15) is 5.11 Å². The zero-order valence-electron chi connectivity index (χ0n) is 11.5. The van der Waals surface area contributed by atoms with E-state index in [0.29, 0.717) is 13.0 Å². The number of nitrogens with zero attached hydrogens (tertiary/aromatic N) is 2. The predicted octanol–water partition coefficient (Wildman–Crippen LogP) is 2.88. The van der Waals surface area contributed by atoms with Gasteiger partial charge in [-0.25, -0.2) is 0 Å². The molecule has 1 saturated carbocycles. The SMILES string of the molecule is CN(CC1(O)CCCC1)C(CC#N)c1ccccc1.